The maximum Gasteiger partial charge on any atom is 0.260 e. The highest BCUT2D eigenvalue weighted by atomic mass is 127. The van der Waals surface area contributed by atoms with Crippen molar-refractivity contribution in [2.75, 3.05) is 5.32 Å². The summed E-state index contributed by atoms with van der Waals surface area (Å²) in [7, 11) is 0. The molecule has 2 aromatic rings. The minimum atomic E-state index is -0.227. The summed E-state index contributed by atoms with van der Waals surface area (Å²) in [4.78, 5) is 12.8. The van der Waals surface area contributed by atoms with E-state index in [1.807, 2.05) is 24.3 Å². The molecule has 130 valence electrons. The van der Waals surface area contributed by atoms with Crippen LogP contribution in [0, 0.1) is 7.14 Å². The zero-order valence-electron chi connectivity index (χ0n) is 13.3. The molecular weight excluding hydrogens is 562 g/mol. The molecule has 1 heterocycles. The number of anilines is 1. The molecule has 0 aliphatic carbocycles. The molecule has 1 amide bonds. The maximum atomic E-state index is 12.2. The average Bonchev–Trinajstić information content (AvgIpc) is 2.92. The number of carbonyl (C=O) groups excluding carboxylic acids is 1. The van der Waals surface area contributed by atoms with Crippen LogP contribution in [0.5, 0.6) is 5.75 Å². The average molecular weight is 578 g/mol. The minimum Gasteiger partial charge on any atom is -0.506 e. The van der Waals surface area contributed by atoms with Crippen LogP contribution in [0.2, 0.25) is 0 Å². The van der Waals surface area contributed by atoms with Crippen LogP contribution < -0.4 is 10.6 Å². The van der Waals surface area contributed by atoms with Crippen molar-refractivity contribution in [3.63, 3.8) is 0 Å². The van der Waals surface area contributed by atoms with Gasteiger partial charge in [0.1, 0.15) is 5.75 Å². The summed E-state index contributed by atoms with van der Waals surface area (Å²) in [5.41, 5.74) is 2.66. The number of carbonyl (C=O) groups is 1. The van der Waals surface area contributed by atoms with Gasteiger partial charge in [-0.1, -0.05) is 30.8 Å². The van der Waals surface area contributed by atoms with Gasteiger partial charge in [-0.15, -0.1) is 0 Å². The Morgan fingerprint density at radius 3 is 2.68 bits per heavy atom. The van der Waals surface area contributed by atoms with E-state index in [1.54, 1.807) is 6.08 Å². The molecule has 0 spiro atoms. The third kappa shape index (κ3) is 4.62. The molecule has 1 aliphatic heterocycles. The number of nitrogens with one attached hydrogen (secondary N) is 2. The third-order valence-corrected chi connectivity index (χ3v) is 6.21. The highest BCUT2D eigenvalue weighted by Gasteiger charge is 2.27. The summed E-state index contributed by atoms with van der Waals surface area (Å²) in [5.74, 6) is 0.0643. The predicted octanol–water partition coefficient (Wildman–Crippen LogP) is 4.76. The number of phenols is 1. The number of hydrogen-bond donors (Lipinski definition) is 3. The molecular formula is C18H16I2N2O2S. The topological polar surface area (TPSA) is 61.4 Å². The summed E-state index contributed by atoms with van der Waals surface area (Å²) in [5, 5.41) is 16.4. The molecule has 7 heteroatoms. The van der Waals surface area contributed by atoms with Gasteiger partial charge in [-0.05, 0) is 87.5 Å². The highest BCUT2D eigenvalue weighted by molar-refractivity contribution is 14.1. The molecule has 1 aliphatic rings. The Morgan fingerprint density at radius 2 is 2.00 bits per heavy atom. The van der Waals surface area contributed by atoms with E-state index in [1.165, 1.54) is 17.3 Å². The van der Waals surface area contributed by atoms with Gasteiger partial charge in [-0.2, -0.15) is 0 Å². The fourth-order valence-electron chi connectivity index (χ4n) is 2.39. The van der Waals surface area contributed by atoms with Crippen molar-refractivity contribution in [3.8, 4) is 5.75 Å². The highest BCUT2D eigenvalue weighted by Crippen LogP contribution is 2.34. The Bertz CT molecular complexity index is 838. The smallest absolute Gasteiger partial charge is 0.260 e. The van der Waals surface area contributed by atoms with Crippen LogP contribution in [-0.4, -0.2) is 16.5 Å². The summed E-state index contributed by atoms with van der Waals surface area (Å²) < 4.78 is 1.78. The van der Waals surface area contributed by atoms with E-state index in [2.05, 4.69) is 74.9 Å². The molecule has 1 atom stereocenters. The van der Waals surface area contributed by atoms with E-state index >= 15 is 0 Å². The van der Waals surface area contributed by atoms with Gasteiger partial charge < -0.3 is 15.7 Å². The molecule has 3 N–H and O–H groups in total. The van der Waals surface area contributed by atoms with E-state index in [9.17, 15) is 9.90 Å². The molecule has 0 radical (unpaired) electrons. The second-order valence-electron chi connectivity index (χ2n) is 5.50. The molecule has 0 bridgehead atoms. The maximum absolute atomic E-state index is 12.2. The summed E-state index contributed by atoms with van der Waals surface area (Å²) in [6, 6.07) is 11.9. The summed E-state index contributed by atoms with van der Waals surface area (Å²) >= 11 is 5.70. The van der Waals surface area contributed by atoms with Crippen molar-refractivity contribution >= 4 is 74.6 Å². The van der Waals surface area contributed by atoms with Crippen LogP contribution in [-0.2, 0) is 11.2 Å². The van der Waals surface area contributed by atoms with Crippen LogP contribution >= 0.6 is 56.9 Å². The molecule has 0 saturated carbocycles. The first kappa shape index (κ1) is 18.8. The third-order valence-electron chi connectivity index (χ3n) is 3.74. The first-order chi connectivity index (χ1) is 12.0. The van der Waals surface area contributed by atoms with Gasteiger partial charge in [-0.25, -0.2) is 0 Å². The molecule has 3 rings (SSSR count). The van der Waals surface area contributed by atoms with Gasteiger partial charge in [-0.3, -0.25) is 4.79 Å². The number of halogens is 2. The SMILES string of the molecule is CCc1ccc(N[C@@H]2NC(=O)/C(=C/c3cc(I)cc(I)c3O)S2)cc1. The second kappa shape index (κ2) is 8.17. The van der Waals surface area contributed by atoms with Gasteiger partial charge in [0.2, 0.25) is 0 Å². The molecule has 1 fully saturated rings. The molecule has 25 heavy (non-hydrogen) atoms. The van der Waals surface area contributed by atoms with E-state index in [-0.39, 0.29) is 17.2 Å². The first-order valence-electron chi connectivity index (χ1n) is 7.69. The van der Waals surface area contributed by atoms with Crippen LogP contribution in [0.1, 0.15) is 18.1 Å². The Kier molecular flexibility index (Phi) is 6.16. The van der Waals surface area contributed by atoms with E-state index < -0.39 is 0 Å². The van der Waals surface area contributed by atoms with Gasteiger partial charge in [0, 0.05) is 14.8 Å². The van der Waals surface area contributed by atoms with Crippen LogP contribution in [0.15, 0.2) is 41.3 Å². The van der Waals surface area contributed by atoms with Gasteiger partial charge in [0.25, 0.3) is 5.91 Å². The van der Waals surface area contributed by atoms with E-state index in [0.29, 0.717) is 10.5 Å². The number of rotatable bonds is 4. The van der Waals surface area contributed by atoms with Crippen molar-refractivity contribution in [1.29, 1.82) is 0 Å². The van der Waals surface area contributed by atoms with Crippen molar-refractivity contribution in [2.45, 2.75) is 18.8 Å². The second-order valence-corrected chi connectivity index (χ2v) is 9.05. The normalized spacial score (nSPS) is 18.4. The largest absolute Gasteiger partial charge is 0.506 e. The summed E-state index contributed by atoms with van der Waals surface area (Å²) in [6.07, 6.45) is 2.74. The number of phenolic OH excluding ortho intramolecular Hbond substituents is 1. The quantitative estimate of drug-likeness (QED) is 0.362. The zero-order chi connectivity index (χ0) is 18.0. The zero-order valence-corrected chi connectivity index (χ0v) is 18.5. The van der Waals surface area contributed by atoms with Crippen molar-refractivity contribution < 1.29 is 9.90 Å². The number of amides is 1. The lowest BCUT2D eigenvalue weighted by atomic mass is 10.1. The fourth-order valence-corrected chi connectivity index (χ4v) is 5.26. The lowest BCUT2D eigenvalue weighted by Gasteiger charge is -2.12. The Labute approximate surface area is 178 Å². The van der Waals surface area contributed by atoms with Crippen molar-refractivity contribution in [1.82, 2.24) is 5.32 Å². The number of thioether (sulfide) groups is 1. The Hall–Kier alpha value is -0.940. The molecule has 2 aromatic carbocycles. The lowest BCUT2D eigenvalue weighted by molar-refractivity contribution is -0.116. The summed E-state index contributed by atoms with van der Waals surface area (Å²) in [6.45, 7) is 2.12. The minimum absolute atomic E-state index is 0.138. The van der Waals surface area contributed by atoms with Crippen LogP contribution in [0.4, 0.5) is 5.69 Å². The fraction of sp³-hybridized carbons (Fsp3) is 0.167. The van der Waals surface area contributed by atoms with Crippen molar-refractivity contribution in [3.05, 3.63) is 59.6 Å². The van der Waals surface area contributed by atoms with Gasteiger partial charge >= 0.3 is 0 Å². The Morgan fingerprint density at radius 1 is 1.28 bits per heavy atom. The van der Waals surface area contributed by atoms with Gasteiger partial charge in [0.05, 0.1) is 8.48 Å². The number of benzene rings is 2. The van der Waals surface area contributed by atoms with E-state index in [4.69, 9.17) is 0 Å². The number of hydrogen-bond acceptors (Lipinski definition) is 4. The standard InChI is InChI=1S/C18H16I2N2O2S/c1-2-10-3-5-13(6-4-10)21-18-22-17(24)15(25-18)8-11-7-12(19)9-14(20)16(11)23/h3-9,18,21,23H,2H2,1H3,(H,22,24)/b15-8-/t18-/m1/s1. The molecule has 0 aromatic heterocycles. The van der Waals surface area contributed by atoms with Crippen LogP contribution in [0.3, 0.4) is 0 Å². The molecule has 4 nitrogen and oxygen atoms in total. The van der Waals surface area contributed by atoms with Gasteiger partial charge in [0.15, 0.2) is 5.50 Å². The Balaban J connectivity index is 1.76. The number of aromatic hydroxyl groups is 1. The predicted molar refractivity (Wildman–Crippen MR) is 120 cm³/mol. The van der Waals surface area contributed by atoms with E-state index in [0.717, 1.165) is 19.2 Å². The molecule has 0 unspecified atom stereocenters. The van der Waals surface area contributed by atoms with Crippen molar-refractivity contribution in [2.24, 2.45) is 0 Å². The molecule has 1 saturated heterocycles. The lowest BCUT2D eigenvalue weighted by Crippen LogP contribution is -2.30. The van der Waals surface area contributed by atoms with Crippen LogP contribution in [0.25, 0.3) is 6.08 Å². The first-order valence-corrected chi connectivity index (χ1v) is 10.7. The number of aryl methyl sites for hydroxylation is 1. The monoisotopic (exact) mass is 578 g/mol.